The van der Waals surface area contributed by atoms with Crippen molar-refractivity contribution in [3.63, 3.8) is 0 Å². The molecule has 3 nitrogen and oxygen atoms in total. The van der Waals surface area contributed by atoms with E-state index in [2.05, 4.69) is 49.1 Å². The summed E-state index contributed by atoms with van der Waals surface area (Å²) < 4.78 is 6.03. The third-order valence-corrected chi connectivity index (χ3v) is 4.26. The summed E-state index contributed by atoms with van der Waals surface area (Å²) in [5, 5.41) is 0. The number of para-hydroxylation sites is 1. The van der Waals surface area contributed by atoms with Crippen molar-refractivity contribution in [1.82, 2.24) is 0 Å². The van der Waals surface area contributed by atoms with Gasteiger partial charge in [-0.2, -0.15) is 0 Å². The molecular weight excluding hydrogens is 272 g/mol. The third-order valence-electron chi connectivity index (χ3n) is 4.26. The molecule has 2 aromatic carbocycles. The van der Waals surface area contributed by atoms with Gasteiger partial charge in [0.25, 0.3) is 0 Å². The van der Waals surface area contributed by atoms with Crippen LogP contribution in [-0.2, 0) is 6.42 Å². The Hall–Kier alpha value is -2.16. The van der Waals surface area contributed by atoms with Crippen molar-refractivity contribution in [2.24, 2.45) is 0 Å². The molecule has 3 rings (SSSR count). The molecular formula is C19H24N2O. The predicted molar refractivity (Wildman–Crippen MR) is 92.8 cm³/mol. The number of nitrogens with zero attached hydrogens (tertiary/aromatic N) is 1. The summed E-state index contributed by atoms with van der Waals surface area (Å²) in [7, 11) is 0. The zero-order chi connectivity index (χ0) is 15.5. The fourth-order valence-corrected chi connectivity index (χ4v) is 3.05. The third kappa shape index (κ3) is 3.03. The van der Waals surface area contributed by atoms with E-state index in [4.69, 9.17) is 10.5 Å². The molecule has 0 saturated heterocycles. The normalized spacial score (nSPS) is 13.5. The van der Waals surface area contributed by atoms with Crippen LogP contribution in [0.5, 0.6) is 5.75 Å². The highest BCUT2D eigenvalue weighted by Gasteiger charge is 2.19. The Kier molecular flexibility index (Phi) is 4.23. The van der Waals surface area contributed by atoms with Gasteiger partial charge in [-0.05, 0) is 41.7 Å². The smallest absolute Gasteiger partial charge is 0.122 e. The zero-order valence-electron chi connectivity index (χ0n) is 13.4. The molecule has 1 aliphatic rings. The van der Waals surface area contributed by atoms with Crippen molar-refractivity contribution < 1.29 is 4.74 Å². The van der Waals surface area contributed by atoms with Gasteiger partial charge in [0, 0.05) is 17.9 Å². The van der Waals surface area contributed by atoms with E-state index in [1.807, 2.05) is 12.1 Å². The summed E-state index contributed by atoms with van der Waals surface area (Å²) in [6, 6.07) is 14.5. The van der Waals surface area contributed by atoms with Gasteiger partial charge in [0.05, 0.1) is 6.54 Å². The van der Waals surface area contributed by atoms with Crippen LogP contribution in [-0.4, -0.2) is 19.7 Å². The number of rotatable bonds is 5. The molecule has 2 N–H and O–H groups in total. The second-order valence-electron chi connectivity index (χ2n) is 6.17. The van der Waals surface area contributed by atoms with E-state index in [9.17, 15) is 0 Å². The van der Waals surface area contributed by atoms with Gasteiger partial charge < -0.3 is 15.4 Å². The molecule has 0 fully saturated rings. The standard InChI is InChI=1S/C19H24N2O/c1-14(2)17-5-3-4-6-19(17)22-12-11-21-10-9-15-7-8-16(20)13-18(15)21/h3-8,13-14H,9-12,20H2,1-2H3. The average Bonchev–Trinajstić information content (AvgIpc) is 2.90. The molecule has 1 heterocycles. The number of hydrogen-bond donors (Lipinski definition) is 1. The van der Waals surface area contributed by atoms with Gasteiger partial charge >= 0.3 is 0 Å². The van der Waals surface area contributed by atoms with Gasteiger partial charge in [0.1, 0.15) is 12.4 Å². The van der Waals surface area contributed by atoms with Crippen molar-refractivity contribution in [3.05, 3.63) is 53.6 Å². The summed E-state index contributed by atoms with van der Waals surface area (Å²) >= 11 is 0. The van der Waals surface area contributed by atoms with Crippen molar-refractivity contribution in [2.75, 3.05) is 30.3 Å². The van der Waals surface area contributed by atoms with Crippen molar-refractivity contribution in [2.45, 2.75) is 26.2 Å². The number of hydrogen-bond acceptors (Lipinski definition) is 3. The largest absolute Gasteiger partial charge is 0.491 e. The maximum atomic E-state index is 6.03. The molecule has 0 aromatic heterocycles. The highest BCUT2D eigenvalue weighted by atomic mass is 16.5. The molecule has 0 amide bonds. The van der Waals surface area contributed by atoms with Crippen LogP contribution in [0.25, 0.3) is 0 Å². The monoisotopic (exact) mass is 296 g/mol. The number of fused-ring (bicyclic) bond motifs is 1. The van der Waals surface area contributed by atoms with Gasteiger partial charge in [-0.3, -0.25) is 0 Å². The molecule has 116 valence electrons. The summed E-state index contributed by atoms with van der Waals surface area (Å²) in [4.78, 5) is 2.36. The first-order valence-electron chi connectivity index (χ1n) is 8.00. The van der Waals surface area contributed by atoms with Gasteiger partial charge in [0.15, 0.2) is 0 Å². The quantitative estimate of drug-likeness (QED) is 0.852. The molecule has 3 heteroatoms. The van der Waals surface area contributed by atoms with Crippen molar-refractivity contribution >= 4 is 11.4 Å². The van der Waals surface area contributed by atoms with Crippen LogP contribution in [0.15, 0.2) is 42.5 Å². The Bertz CT molecular complexity index is 652. The summed E-state index contributed by atoms with van der Waals surface area (Å²) in [6.45, 7) is 7.03. The Labute approximate surface area is 132 Å². The molecule has 2 aromatic rings. The molecule has 0 bridgehead atoms. The van der Waals surface area contributed by atoms with Crippen LogP contribution in [0.2, 0.25) is 0 Å². The van der Waals surface area contributed by atoms with E-state index in [0.29, 0.717) is 12.5 Å². The fraction of sp³-hybridized carbons (Fsp3) is 0.368. The first-order valence-corrected chi connectivity index (χ1v) is 8.00. The van der Waals surface area contributed by atoms with E-state index in [1.54, 1.807) is 0 Å². The number of nitrogens with two attached hydrogens (primary N) is 1. The molecule has 0 radical (unpaired) electrons. The molecule has 0 aliphatic carbocycles. The highest BCUT2D eigenvalue weighted by molar-refractivity contribution is 5.64. The van der Waals surface area contributed by atoms with Crippen LogP contribution in [0.1, 0.15) is 30.9 Å². The van der Waals surface area contributed by atoms with Gasteiger partial charge in [-0.1, -0.05) is 38.1 Å². The van der Waals surface area contributed by atoms with Crippen molar-refractivity contribution in [3.8, 4) is 5.75 Å². The SMILES string of the molecule is CC(C)c1ccccc1OCCN1CCc2ccc(N)cc21. The number of ether oxygens (including phenoxy) is 1. The van der Waals surface area contributed by atoms with E-state index in [0.717, 1.165) is 30.9 Å². The van der Waals surface area contributed by atoms with E-state index in [1.165, 1.54) is 16.8 Å². The maximum absolute atomic E-state index is 6.03. The lowest BCUT2D eigenvalue weighted by molar-refractivity contribution is 0.320. The Balaban J connectivity index is 1.63. The molecule has 0 atom stereocenters. The van der Waals surface area contributed by atoms with Crippen LogP contribution in [0, 0.1) is 0 Å². The second kappa shape index (κ2) is 6.30. The van der Waals surface area contributed by atoms with Crippen molar-refractivity contribution in [1.29, 1.82) is 0 Å². The lowest BCUT2D eigenvalue weighted by Crippen LogP contribution is -2.26. The number of benzene rings is 2. The Morgan fingerprint density at radius 3 is 2.82 bits per heavy atom. The second-order valence-corrected chi connectivity index (χ2v) is 6.17. The lowest BCUT2D eigenvalue weighted by atomic mass is 10.0. The van der Waals surface area contributed by atoms with Crippen LogP contribution < -0.4 is 15.4 Å². The minimum Gasteiger partial charge on any atom is -0.491 e. The number of nitrogen functional groups attached to an aromatic ring is 1. The highest BCUT2D eigenvalue weighted by Crippen LogP contribution is 2.30. The zero-order valence-corrected chi connectivity index (χ0v) is 13.4. The molecule has 0 saturated carbocycles. The lowest BCUT2D eigenvalue weighted by Gasteiger charge is -2.21. The van der Waals surface area contributed by atoms with E-state index >= 15 is 0 Å². The van der Waals surface area contributed by atoms with Gasteiger partial charge in [-0.15, -0.1) is 0 Å². The molecule has 0 unspecified atom stereocenters. The molecule has 1 aliphatic heterocycles. The fourth-order valence-electron chi connectivity index (χ4n) is 3.05. The van der Waals surface area contributed by atoms with Crippen LogP contribution in [0.4, 0.5) is 11.4 Å². The Morgan fingerprint density at radius 1 is 1.18 bits per heavy atom. The minimum atomic E-state index is 0.475. The van der Waals surface area contributed by atoms with Crippen LogP contribution in [0.3, 0.4) is 0 Å². The average molecular weight is 296 g/mol. The van der Waals surface area contributed by atoms with E-state index < -0.39 is 0 Å². The topological polar surface area (TPSA) is 38.5 Å². The van der Waals surface area contributed by atoms with Gasteiger partial charge in [0.2, 0.25) is 0 Å². The summed E-state index contributed by atoms with van der Waals surface area (Å²) in [5.74, 6) is 1.48. The number of anilines is 2. The summed E-state index contributed by atoms with van der Waals surface area (Å²) in [5.41, 5.74) is 10.7. The first kappa shape index (κ1) is 14.8. The first-order chi connectivity index (χ1) is 10.6. The minimum absolute atomic E-state index is 0.475. The molecule has 22 heavy (non-hydrogen) atoms. The Morgan fingerprint density at radius 2 is 2.00 bits per heavy atom. The predicted octanol–water partition coefficient (Wildman–Crippen LogP) is 3.83. The van der Waals surface area contributed by atoms with Gasteiger partial charge in [-0.25, -0.2) is 0 Å². The summed E-state index contributed by atoms with van der Waals surface area (Å²) in [6.07, 6.45) is 1.10. The van der Waals surface area contributed by atoms with Crippen LogP contribution >= 0.6 is 0 Å². The van der Waals surface area contributed by atoms with E-state index in [-0.39, 0.29) is 0 Å². The molecule has 0 spiro atoms. The maximum Gasteiger partial charge on any atom is 0.122 e.